The van der Waals surface area contributed by atoms with Gasteiger partial charge in [0, 0.05) is 7.05 Å². The number of nitrogens with zero attached hydrogens (tertiary/aromatic N) is 5. The highest BCUT2D eigenvalue weighted by atomic mass is 16.1. The zero-order chi connectivity index (χ0) is 10.1. The summed E-state index contributed by atoms with van der Waals surface area (Å²) in [6.45, 7) is 0.00690. The third-order valence-electron chi connectivity index (χ3n) is 1.94. The summed E-state index contributed by atoms with van der Waals surface area (Å²) in [6.07, 6.45) is 2.86. The van der Waals surface area contributed by atoms with Gasteiger partial charge < -0.3 is 4.57 Å². The zero-order valence-corrected chi connectivity index (χ0v) is 7.51. The fourth-order valence-corrected chi connectivity index (χ4v) is 1.26. The lowest BCUT2D eigenvalue weighted by atomic mass is 10.5. The van der Waals surface area contributed by atoms with Crippen molar-refractivity contribution in [1.82, 2.24) is 19.1 Å². The lowest BCUT2D eigenvalue weighted by Gasteiger charge is -1.98. The van der Waals surface area contributed by atoms with Crippen LogP contribution in [0.4, 0.5) is 0 Å². The minimum absolute atomic E-state index is 0.00690. The van der Waals surface area contributed by atoms with E-state index in [4.69, 9.17) is 5.26 Å². The molecule has 2 heterocycles. The Kier molecular flexibility index (Phi) is 1.78. The van der Waals surface area contributed by atoms with Crippen molar-refractivity contribution < 1.29 is 0 Å². The third-order valence-corrected chi connectivity index (χ3v) is 1.94. The van der Waals surface area contributed by atoms with Gasteiger partial charge in [-0.1, -0.05) is 0 Å². The van der Waals surface area contributed by atoms with Crippen LogP contribution in [0.5, 0.6) is 0 Å². The molecule has 0 fully saturated rings. The molecule has 0 atom stereocenters. The van der Waals surface area contributed by atoms with Crippen LogP contribution in [0.1, 0.15) is 0 Å². The van der Waals surface area contributed by atoms with Gasteiger partial charge in [0.15, 0.2) is 11.2 Å². The number of hydrogen-bond acceptors (Lipinski definition) is 4. The molecule has 14 heavy (non-hydrogen) atoms. The Morgan fingerprint density at radius 2 is 2.21 bits per heavy atom. The van der Waals surface area contributed by atoms with Crippen LogP contribution in [0.2, 0.25) is 0 Å². The molecule has 0 radical (unpaired) electrons. The molecule has 6 heteroatoms. The van der Waals surface area contributed by atoms with Crippen LogP contribution >= 0.6 is 0 Å². The molecular weight excluding hydrogens is 182 g/mol. The fourth-order valence-electron chi connectivity index (χ4n) is 1.26. The first-order chi connectivity index (χ1) is 6.74. The first kappa shape index (κ1) is 8.44. The van der Waals surface area contributed by atoms with Crippen LogP contribution < -0.4 is 5.56 Å². The van der Waals surface area contributed by atoms with Crippen LogP contribution in [-0.2, 0) is 13.6 Å². The molecule has 2 aromatic rings. The number of fused-ring (bicyclic) bond motifs is 1. The van der Waals surface area contributed by atoms with Crippen molar-refractivity contribution in [2.75, 3.05) is 0 Å². The molecule has 6 nitrogen and oxygen atoms in total. The summed E-state index contributed by atoms with van der Waals surface area (Å²) in [4.78, 5) is 19.6. The van der Waals surface area contributed by atoms with Crippen molar-refractivity contribution in [3.05, 3.63) is 23.0 Å². The summed E-state index contributed by atoms with van der Waals surface area (Å²) in [5.41, 5.74) is 0.589. The average Bonchev–Trinajstić information content (AvgIpc) is 2.54. The molecule has 0 amide bonds. The van der Waals surface area contributed by atoms with Crippen molar-refractivity contribution in [2.45, 2.75) is 6.54 Å². The summed E-state index contributed by atoms with van der Waals surface area (Å²) in [6, 6.07) is 1.89. The van der Waals surface area contributed by atoms with Crippen LogP contribution in [0.25, 0.3) is 11.2 Å². The molecular formula is C8H7N5O. The normalized spacial score (nSPS) is 10.3. The molecule has 0 spiro atoms. The van der Waals surface area contributed by atoms with E-state index in [2.05, 4.69) is 9.97 Å². The number of nitriles is 1. The van der Waals surface area contributed by atoms with E-state index >= 15 is 0 Å². The molecule has 0 saturated carbocycles. The molecule has 0 aliphatic rings. The molecule has 2 rings (SSSR count). The maximum Gasteiger partial charge on any atom is 0.280 e. The minimum Gasteiger partial charge on any atom is -0.328 e. The molecule has 0 aliphatic carbocycles. The molecule has 0 N–H and O–H groups in total. The third kappa shape index (κ3) is 1.07. The van der Waals surface area contributed by atoms with Crippen LogP contribution in [0, 0.1) is 11.3 Å². The largest absolute Gasteiger partial charge is 0.328 e. The summed E-state index contributed by atoms with van der Waals surface area (Å²) < 4.78 is 2.85. The minimum atomic E-state index is -0.239. The molecule has 0 bridgehead atoms. The molecule has 0 aliphatic heterocycles. The van der Waals surface area contributed by atoms with Gasteiger partial charge in [-0.05, 0) is 0 Å². The van der Waals surface area contributed by atoms with Gasteiger partial charge in [0.05, 0.1) is 12.4 Å². The fraction of sp³-hybridized carbons (Fsp3) is 0.250. The van der Waals surface area contributed by atoms with Gasteiger partial charge in [0.25, 0.3) is 5.56 Å². The maximum absolute atomic E-state index is 11.7. The second-order valence-corrected chi connectivity index (χ2v) is 2.86. The standard InChI is InChI=1S/C8H7N5O/c1-12-4-10-7-6(12)8(14)13(3-2-9)5-11-7/h4-5H,3H2,1H3. The van der Waals surface area contributed by atoms with Gasteiger partial charge in [-0.2, -0.15) is 5.26 Å². The number of aryl methyl sites for hydroxylation is 1. The molecule has 70 valence electrons. The summed E-state index contributed by atoms with van der Waals surface area (Å²) in [5.74, 6) is 0. The van der Waals surface area contributed by atoms with Crippen molar-refractivity contribution in [3.8, 4) is 6.07 Å². The second-order valence-electron chi connectivity index (χ2n) is 2.86. The first-order valence-electron chi connectivity index (χ1n) is 3.97. The smallest absolute Gasteiger partial charge is 0.280 e. The van der Waals surface area contributed by atoms with E-state index in [1.165, 1.54) is 17.2 Å². The van der Waals surface area contributed by atoms with Gasteiger partial charge in [-0.25, -0.2) is 9.97 Å². The SMILES string of the molecule is Cn1cnc2ncn(CC#N)c(=O)c21. The van der Waals surface area contributed by atoms with E-state index in [1.807, 2.05) is 6.07 Å². The Labute approximate surface area is 79.1 Å². The lowest BCUT2D eigenvalue weighted by Crippen LogP contribution is -2.21. The van der Waals surface area contributed by atoms with Gasteiger partial charge in [0.1, 0.15) is 12.9 Å². The topological polar surface area (TPSA) is 76.5 Å². The monoisotopic (exact) mass is 189 g/mol. The highest BCUT2D eigenvalue weighted by Gasteiger charge is 2.07. The molecule has 2 aromatic heterocycles. The maximum atomic E-state index is 11.7. The van der Waals surface area contributed by atoms with Crippen LogP contribution in [0.3, 0.4) is 0 Å². The highest BCUT2D eigenvalue weighted by Crippen LogP contribution is 2.01. The average molecular weight is 189 g/mol. The van der Waals surface area contributed by atoms with E-state index < -0.39 is 0 Å². The Morgan fingerprint density at radius 3 is 2.93 bits per heavy atom. The molecule has 0 saturated heterocycles. The van der Waals surface area contributed by atoms with Crippen molar-refractivity contribution in [2.24, 2.45) is 7.05 Å². The Balaban J connectivity index is 2.81. The zero-order valence-electron chi connectivity index (χ0n) is 7.51. The van der Waals surface area contributed by atoms with Crippen molar-refractivity contribution >= 4 is 11.2 Å². The molecule has 0 aromatic carbocycles. The summed E-state index contributed by atoms with van der Waals surface area (Å²) >= 11 is 0. The van der Waals surface area contributed by atoms with Crippen molar-refractivity contribution in [3.63, 3.8) is 0 Å². The van der Waals surface area contributed by atoms with E-state index in [0.717, 1.165) is 0 Å². The summed E-state index contributed by atoms with van der Waals surface area (Å²) in [5, 5.41) is 8.48. The first-order valence-corrected chi connectivity index (χ1v) is 3.97. The van der Waals surface area contributed by atoms with E-state index in [0.29, 0.717) is 11.2 Å². The highest BCUT2D eigenvalue weighted by molar-refractivity contribution is 5.68. The van der Waals surface area contributed by atoms with Crippen LogP contribution in [0.15, 0.2) is 17.4 Å². The lowest BCUT2D eigenvalue weighted by molar-refractivity contribution is 0.767. The number of aromatic nitrogens is 4. The number of imidazole rings is 1. The summed E-state index contributed by atoms with van der Waals surface area (Å²) in [7, 11) is 1.72. The van der Waals surface area contributed by atoms with Crippen molar-refractivity contribution in [1.29, 1.82) is 5.26 Å². The van der Waals surface area contributed by atoms with E-state index in [-0.39, 0.29) is 12.1 Å². The Hall–Kier alpha value is -2.16. The Bertz CT molecular complexity index is 573. The van der Waals surface area contributed by atoms with Gasteiger partial charge in [0.2, 0.25) is 0 Å². The predicted octanol–water partition coefficient (Wildman–Crippen LogP) is -0.346. The number of rotatable bonds is 1. The quantitative estimate of drug-likeness (QED) is 0.614. The van der Waals surface area contributed by atoms with Gasteiger partial charge in [-0.15, -0.1) is 0 Å². The predicted molar refractivity (Wildman–Crippen MR) is 48.4 cm³/mol. The van der Waals surface area contributed by atoms with E-state index in [1.54, 1.807) is 11.6 Å². The number of hydrogen-bond donors (Lipinski definition) is 0. The second kappa shape index (κ2) is 2.96. The van der Waals surface area contributed by atoms with Gasteiger partial charge >= 0.3 is 0 Å². The molecule has 0 unspecified atom stereocenters. The van der Waals surface area contributed by atoms with E-state index in [9.17, 15) is 4.79 Å². The Morgan fingerprint density at radius 1 is 1.50 bits per heavy atom. The van der Waals surface area contributed by atoms with Gasteiger partial charge in [-0.3, -0.25) is 9.36 Å². The van der Waals surface area contributed by atoms with Crippen LogP contribution in [-0.4, -0.2) is 19.1 Å².